The predicted molar refractivity (Wildman–Crippen MR) is 69.8 cm³/mol. The zero-order chi connectivity index (χ0) is 11.6. The third-order valence-electron chi connectivity index (χ3n) is 1.59. The first-order valence-electron chi connectivity index (χ1n) is 3.88. The van der Waals surface area contributed by atoms with Crippen molar-refractivity contribution in [3.8, 4) is 0 Å². The first-order valence-corrected chi connectivity index (χ1v) is 7.65. The van der Waals surface area contributed by atoms with Crippen LogP contribution in [0.5, 0.6) is 0 Å². The lowest BCUT2D eigenvalue weighted by Crippen LogP contribution is -2.14. The van der Waals surface area contributed by atoms with Crippen LogP contribution in [0.3, 0.4) is 0 Å². The number of aryl methyl sites for hydroxylation is 1. The topological polar surface area (TPSA) is 46.2 Å². The van der Waals surface area contributed by atoms with Gasteiger partial charge in [0.2, 0.25) is 10.0 Å². The van der Waals surface area contributed by atoms with E-state index >= 15 is 0 Å². The van der Waals surface area contributed by atoms with Crippen molar-refractivity contribution in [3.05, 3.63) is 26.6 Å². The van der Waals surface area contributed by atoms with Crippen LogP contribution in [0, 0.1) is 6.92 Å². The first-order chi connectivity index (χ1) is 6.85. The van der Waals surface area contributed by atoms with Crippen molar-refractivity contribution in [2.45, 2.75) is 6.92 Å². The van der Waals surface area contributed by atoms with E-state index in [-0.39, 0.29) is 0 Å². The molecule has 7 heteroatoms. The number of benzene rings is 1. The molecule has 0 bridgehead atoms. The van der Waals surface area contributed by atoms with Gasteiger partial charge in [0.25, 0.3) is 0 Å². The maximum Gasteiger partial charge on any atom is 0.246 e. The van der Waals surface area contributed by atoms with Crippen LogP contribution in [0.2, 0.25) is 0 Å². The molecule has 1 rings (SSSR count). The van der Waals surface area contributed by atoms with E-state index in [9.17, 15) is 8.42 Å². The molecule has 1 aromatic rings. The van der Waals surface area contributed by atoms with Crippen LogP contribution in [-0.4, -0.2) is 13.6 Å². The summed E-state index contributed by atoms with van der Waals surface area (Å²) in [5.74, 6) is 0. The Morgan fingerprint density at radius 1 is 1.33 bits per heavy atom. The second-order valence-corrected chi connectivity index (χ2v) is 6.94. The van der Waals surface area contributed by atoms with Crippen LogP contribution in [0.15, 0.2) is 21.1 Å². The number of halogens is 3. The quantitative estimate of drug-likeness (QED) is 0.820. The Hall–Kier alpha value is 0.220. The highest BCUT2D eigenvalue weighted by Crippen LogP contribution is 2.33. The third kappa shape index (κ3) is 3.62. The molecule has 15 heavy (non-hydrogen) atoms. The Morgan fingerprint density at radius 3 is 2.20 bits per heavy atom. The minimum Gasteiger partial charge on any atom is -0.280 e. The standard InChI is InChI=1S/C8H8Br2ClNO2S/c1-5-2-6(9)8(7(10)3-5)12-15(13,14)4-11/h2-3,12H,4H2,1H3. The minimum absolute atomic E-state index is 0.459. The first kappa shape index (κ1) is 13.3. The summed E-state index contributed by atoms with van der Waals surface area (Å²) < 4.78 is 26.3. The molecule has 0 amide bonds. The van der Waals surface area contributed by atoms with Gasteiger partial charge in [0, 0.05) is 8.95 Å². The van der Waals surface area contributed by atoms with E-state index in [1.54, 1.807) is 0 Å². The number of hydrogen-bond donors (Lipinski definition) is 1. The Labute approximate surface area is 111 Å². The highest BCUT2D eigenvalue weighted by molar-refractivity contribution is 9.11. The van der Waals surface area contributed by atoms with E-state index in [4.69, 9.17) is 11.6 Å². The SMILES string of the molecule is Cc1cc(Br)c(NS(=O)(=O)CCl)c(Br)c1. The van der Waals surface area contributed by atoms with Crippen LogP contribution in [-0.2, 0) is 10.0 Å². The Kier molecular flexibility index (Phi) is 4.46. The maximum atomic E-state index is 11.3. The van der Waals surface area contributed by atoms with Crippen LogP contribution >= 0.6 is 43.5 Å². The summed E-state index contributed by atoms with van der Waals surface area (Å²) in [7, 11) is -3.47. The summed E-state index contributed by atoms with van der Waals surface area (Å²) in [4.78, 5) is 0. The van der Waals surface area contributed by atoms with Gasteiger partial charge < -0.3 is 0 Å². The van der Waals surface area contributed by atoms with Crippen LogP contribution < -0.4 is 4.72 Å². The van der Waals surface area contributed by atoms with Crippen molar-refractivity contribution in [3.63, 3.8) is 0 Å². The Morgan fingerprint density at radius 2 is 1.80 bits per heavy atom. The largest absolute Gasteiger partial charge is 0.280 e. The lowest BCUT2D eigenvalue weighted by Gasteiger charge is -2.10. The molecule has 0 aliphatic rings. The van der Waals surface area contributed by atoms with Crippen molar-refractivity contribution >= 4 is 59.2 Å². The van der Waals surface area contributed by atoms with Gasteiger partial charge in [0.05, 0.1) is 5.69 Å². The molecule has 0 aromatic heterocycles. The van der Waals surface area contributed by atoms with Crippen molar-refractivity contribution in [1.82, 2.24) is 0 Å². The summed E-state index contributed by atoms with van der Waals surface area (Å²) >= 11 is 11.9. The zero-order valence-electron chi connectivity index (χ0n) is 7.72. The number of alkyl halides is 1. The van der Waals surface area contributed by atoms with Crippen LogP contribution in [0.4, 0.5) is 5.69 Å². The molecule has 0 radical (unpaired) electrons. The average molecular weight is 377 g/mol. The van der Waals surface area contributed by atoms with Gasteiger partial charge >= 0.3 is 0 Å². The van der Waals surface area contributed by atoms with Gasteiger partial charge in [-0.15, -0.1) is 11.6 Å². The van der Waals surface area contributed by atoms with E-state index in [0.717, 1.165) is 5.56 Å². The second kappa shape index (κ2) is 5.03. The fraction of sp³-hybridized carbons (Fsp3) is 0.250. The predicted octanol–water partition coefficient (Wildman–Crippen LogP) is 3.46. The van der Waals surface area contributed by atoms with Crippen LogP contribution in [0.1, 0.15) is 5.56 Å². The van der Waals surface area contributed by atoms with E-state index < -0.39 is 15.2 Å². The van der Waals surface area contributed by atoms with Gasteiger partial charge in [-0.05, 0) is 56.5 Å². The van der Waals surface area contributed by atoms with Gasteiger partial charge in [0.15, 0.2) is 0 Å². The molecule has 0 saturated heterocycles. The van der Waals surface area contributed by atoms with E-state index in [2.05, 4.69) is 36.6 Å². The summed E-state index contributed by atoms with van der Waals surface area (Å²) in [6, 6.07) is 3.63. The molecular formula is C8H8Br2ClNO2S. The van der Waals surface area contributed by atoms with E-state index in [1.807, 2.05) is 19.1 Å². The van der Waals surface area contributed by atoms with Crippen LogP contribution in [0.25, 0.3) is 0 Å². The van der Waals surface area contributed by atoms with E-state index in [0.29, 0.717) is 14.6 Å². The molecule has 0 aliphatic heterocycles. The zero-order valence-corrected chi connectivity index (χ0v) is 12.5. The molecular weight excluding hydrogens is 369 g/mol. The second-order valence-electron chi connectivity index (χ2n) is 2.93. The Balaban J connectivity index is 3.17. The van der Waals surface area contributed by atoms with E-state index in [1.165, 1.54) is 0 Å². The lowest BCUT2D eigenvalue weighted by atomic mass is 10.2. The number of anilines is 1. The normalized spacial score (nSPS) is 11.5. The van der Waals surface area contributed by atoms with Crippen molar-refractivity contribution in [2.75, 3.05) is 9.93 Å². The fourth-order valence-electron chi connectivity index (χ4n) is 0.980. The van der Waals surface area contributed by atoms with Gasteiger partial charge in [-0.25, -0.2) is 8.42 Å². The Bertz CT molecular complexity index is 453. The highest BCUT2D eigenvalue weighted by Gasteiger charge is 2.13. The smallest absolute Gasteiger partial charge is 0.246 e. The molecule has 0 heterocycles. The van der Waals surface area contributed by atoms with Crippen molar-refractivity contribution in [1.29, 1.82) is 0 Å². The molecule has 3 nitrogen and oxygen atoms in total. The molecule has 0 saturated carbocycles. The number of rotatable bonds is 3. The molecule has 84 valence electrons. The minimum atomic E-state index is -3.47. The summed E-state index contributed by atoms with van der Waals surface area (Å²) in [6.45, 7) is 1.91. The molecule has 0 spiro atoms. The monoisotopic (exact) mass is 375 g/mol. The summed E-state index contributed by atoms with van der Waals surface area (Å²) in [5.41, 5.74) is 1.48. The molecule has 0 aliphatic carbocycles. The summed E-state index contributed by atoms with van der Waals surface area (Å²) in [5, 5.41) is -0.472. The van der Waals surface area contributed by atoms with Crippen molar-refractivity contribution in [2.24, 2.45) is 0 Å². The molecule has 1 N–H and O–H groups in total. The molecule has 1 aromatic carbocycles. The van der Waals surface area contributed by atoms with Gasteiger partial charge in [-0.2, -0.15) is 0 Å². The number of sulfonamides is 1. The van der Waals surface area contributed by atoms with Gasteiger partial charge in [-0.3, -0.25) is 4.72 Å². The van der Waals surface area contributed by atoms with Gasteiger partial charge in [0.1, 0.15) is 5.21 Å². The number of hydrogen-bond acceptors (Lipinski definition) is 2. The fourth-order valence-corrected chi connectivity index (χ4v) is 3.61. The third-order valence-corrected chi connectivity index (χ3v) is 4.50. The number of nitrogens with one attached hydrogen (secondary N) is 1. The maximum absolute atomic E-state index is 11.3. The lowest BCUT2D eigenvalue weighted by molar-refractivity contribution is 0.605. The molecule has 0 fully saturated rings. The highest BCUT2D eigenvalue weighted by atomic mass is 79.9. The molecule has 0 atom stereocenters. The molecule has 0 unspecified atom stereocenters. The average Bonchev–Trinajstić information content (AvgIpc) is 2.11. The van der Waals surface area contributed by atoms with Crippen molar-refractivity contribution < 1.29 is 8.42 Å². The summed E-state index contributed by atoms with van der Waals surface area (Å²) in [6.07, 6.45) is 0. The van der Waals surface area contributed by atoms with Gasteiger partial charge in [-0.1, -0.05) is 0 Å².